The van der Waals surface area contributed by atoms with Crippen LogP contribution in [0.15, 0.2) is 48.5 Å². The number of fused-ring (bicyclic) bond motifs is 1. The summed E-state index contributed by atoms with van der Waals surface area (Å²) in [6.45, 7) is 2.92. The van der Waals surface area contributed by atoms with Gasteiger partial charge < -0.3 is 10.5 Å². The van der Waals surface area contributed by atoms with E-state index in [0.29, 0.717) is 0 Å². The van der Waals surface area contributed by atoms with E-state index in [-0.39, 0.29) is 0 Å². The van der Waals surface area contributed by atoms with Gasteiger partial charge in [-0.2, -0.15) is 0 Å². The second-order valence-corrected chi connectivity index (χ2v) is 5.11. The number of ether oxygens (including phenoxy) is 1. The maximum atomic E-state index is 6.69. The summed E-state index contributed by atoms with van der Waals surface area (Å²) in [5, 5.41) is 0. The van der Waals surface area contributed by atoms with Gasteiger partial charge in [0.1, 0.15) is 5.75 Å². The molecule has 0 saturated carbocycles. The van der Waals surface area contributed by atoms with Crippen molar-refractivity contribution in [3.8, 4) is 5.75 Å². The highest BCUT2D eigenvalue weighted by Gasteiger charge is 2.28. The molecule has 2 N–H and O–H groups in total. The first kappa shape index (κ1) is 12.2. The molecule has 0 amide bonds. The van der Waals surface area contributed by atoms with Gasteiger partial charge in [-0.25, -0.2) is 0 Å². The average Bonchev–Trinajstić information content (AvgIpc) is 2.94. The predicted molar refractivity (Wildman–Crippen MR) is 77.3 cm³/mol. The van der Waals surface area contributed by atoms with Crippen LogP contribution >= 0.6 is 0 Å². The molecule has 19 heavy (non-hydrogen) atoms. The zero-order valence-corrected chi connectivity index (χ0v) is 11.2. The summed E-state index contributed by atoms with van der Waals surface area (Å²) in [6, 6.07) is 16.7. The fourth-order valence-electron chi connectivity index (χ4n) is 2.77. The molecule has 3 rings (SSSR count). The first-order valence-electron chi connectivity index (χ1n) is 6.84. The summed E-state index contributed by atoms with van der Waals surface area (Å²) < 4.78 is 5.56. The van der Waals surface area contributed by atoms with Crippen molar-refractivity contribution in [2.75, 3.05) is 6.61 Å². The van der Waals surface area contributed by atoms with Gasteiger partial charge in [-0.05, 0) is 35.2 Å². The molecular formula is C17H19NO. The molecule has 1 aliphatic rings. The lowest BCUT2D eigenvalue weighted by molar-refractivity contribution is 0.356. The third-order valence-corrected chi connectivity index (χ3v) is 4.05. The molecule has 1 atom stereocenters. The molecule has 0 fully saturated rings. The number of hydrogen-bond donors (Lipinski definition) is 1. The lowest BCUT2D eigenvalue weighted by Crippen LogP contribution is -2.37. The highest BCUT2D eigenvalue weighted by Crippen LogP contribution is 2.34. The Morgan fingerprint density at radius 3 is 2.63 bits per heavy atom. The van der Waals surface area contributed by atoms with Gasteiger partial charge in [0.05, 0.1) is 12.1 Å². The van der Waals surface area contributed by atoms with Gasteiger partial charge in [0.25, 0.3) is 0 Å². The van der Waals surface area contributed by atoms with Crippen LogP contribution in [0.25, 0.3) is 0 Å². The van der Waals surface area contributed by atoms with Crippen molar-refractivity contribution in [1.29, 1.82) is 0 Å². The molecule has 0 aromatic heterocycles. The summed E-state index contributed by atoms with van der Waals surface area (Å²) in [7, 11) is 0. The Bertz CT molecular complexity index is 579. The van der Waals surface area contributed by atoms with E-state index in [9.17, 15) is 0 Å². The van der Waals surface area contributed by atoms with E-state index >= 15 is 0 Å². The Morgan fingerprint density at radius 2 is 1.89 bits per heavy atom. The Kier molecular flexibility index (Phi) is 3.03. The van der Waals surface area contributed by atoms with Gasteiger partial charge in [-0.3, -0.25) is 0 Å². The molecule has 1 heterocycles. The van der Waals surface area contributed by atoms with Crippen LogP contribution in [0.5, 0.6) is 5.75 Å². The number of benzene rings is 2. The van der Waals surface area contributed by atoms with Crippen molar-refractivity contribution in [3.63, 3.8) is 0 Å². The molecule has 0 aliphatic carbocycles. The van der Waals surface area contributed by atoms with Crippen molar-refractivity contribution in [1.82, 2.24) is 0 Å². The normalized spacial score (nSPS) is 16.5. The van der Waals surface area contributed by atoms with Crippen LogP contribution in [-0.2, 0) is 12.0 Å². The van der Waals surface area contributed by atoms with Crippen LogP contribution in [0, 0.1) is 0 Å². The average molecular weight is 253 g/mol. The maximum Gasteiger partial charge on any atom is 0.122 e. The van der Waals surface area contributed by atoms with E-state index in [4.69, 9.17) is 10.5 Å². The van der Waals surface area contributed by atoms with E-state index in [1.807, 2.05) is 18.2 Å². The van der Waals surface area contributed by atoms with Gasteiger partial charge in [0, 0.05) is 6.42 Å². The Morgan fingerprint density at radius 1 is 1.11 bits per heavy atom. The van der Waals surface area contributed by atoms with Gasteiger partial charge >= 0.3 is 0 Å². The largest absolute Gasteiger partial charge is 0.493 e. The molecule has 2 nitrogen and oxygen atoms in total. The summed E-state index contributed by atoms with van der Waals surface area (Å²) in [6.07, 6.45) is 1.86. The number of rotatable bonds is 3. The molecule has 0 saturated heterocycles. The SMILES string of the molecule is CCC(N)(c1ccccc1)c1ccc2c(c1)CCO2. The predicted octanol–water partition coefficient (Wildman–Crippen LogP) is 3.23. The van der Waals surface area contributed by atoms with Crippen LogP contribution in [0.3, 0.4) is 0 Å². The zero-order chi connectivity index (χ0) is 13.3. The minimum absolute atomic E-state index is 0.418. The molecular weight excluding hydrogens is 234 g/mol. The summed E-state index contributed by atoms with van der Waals surface area (Å²) in [4.78, 5) is 0. The highest BCUT2D eigenvalue weighted by atomic mass is 16.5. The second kappa shape index (κ2) is 4.71. The molecule has 0 radical (unpaired) electrons. The first-order chi connectivity index (χ1) is 9.24. The van der Waals surface area contributed by atoms with Crippen LogP contribution in [0.4, 0.5) is 0 Å². The van der Waals surface area contributed by atoms with Crippen molar-refractivity contribution in [2.24, 2.45) is 5.73 Å². The maximum absolute atomic E-state index is 6.69. The van der Waals surface area contributed by atoms with Crippen LogP contribution < -0.4 is 10.5 Å². The van der Waals surface area contributed by atoms with Crippen molar-refractivity contribution in [3.05, 3.63) is 65.2 Å². The van der Waals surface area contributed by atoms with Gasteiger partial charge in [0.2, 0.25) is 0 Å². The van der Waals surface area contributed by atoms with E-state index in [1.54, 1.807) is 0 Å². The molecule has 2 aromatic carbocycles. The molecule has 2 aromatic rings. The molecule has 1 aliphatic heterocycles. The number of hydrogen-bond acceptors (Lipinski definition) is 2. The van der Waals surface area contributed by atoms with Crippen LogP contribution in [0.2, 0.25) is 0 Å². The van der Waals surface area contributed by atoms with Crippen molar-refractivity contribution >= 4 is 0 Å². The van der Waals surface area contributed by atoms with Crippen molar-refractivity contribution in [2.45, 2.75) is 25.3 Å². The van der Waals surface area contributed by atoms with Gasteiger partial charge in [-0.1, -0.05) is 43.3 Å². The lowest BCUT2D eigenvalue weighted by Gasteiger charge is -2.30. The minimum Gasteiger partial charge on any atom is -0.493 e. The standard InChI is InChI=1S/C17H19NO/c1-2-17(18,14-6-4-3-5-7-14)15-8-9-16-13(12-15)10-11-19-16/h3-9,12H,2,10-11,18H2,1H3. The molecule has 0 bridgehead atoms. The summed E-state index contributed by atoms with van der Waals surface area (Å²) >= 11 is 0. The quantitative estimate of drug-likeness (QED) is 0.911. The van der Waals surface area contributed by atoms with Crippen LogP contribution in [0.1, 0.15) is 30.0 Å². The second-order valence-electron chi connectivity index (χ2n) is 5.11. The fourth-order valence-corrected chi connectivity index (χ4v) is 2.77. The molecule has 98 valence electrons. The topological polar surface area (TPSA) is 35.2 Å². The molecule has 2 heteroatoms. The molecule has 1 unspecified atom stereocenters. The monoisotopic (exact) mass is 253 g/mol. The van der Waals surface area contributed by atoms with Gasteiger partial charge in [0.15, 0.2) is 0 Å². The smallest absolute Gasteiger partial charge is 0.122 e. The molecule has 0 spiro atoms. The summed E-state index contributed by atoms with van der Waals surface area (Å²) in [5.41, 5.74) is 9.89. The van der Waals surface area contributed by atoms with E-state index in [0.717, 1.165) is 30.8 Å². The van der Waals surface area contributed by atoms with E-state index in [2.05, 4.69) is 37.3 Å². The Balaban J connectivity index is 2.07. The Hall–Kier alpha value is -1.80. The third kappa shape index (κ3) is 2.02. The van der Waals surface area contributed by atoms with E-state index < -0.39 is 5.54 Å². The zero-order valence-electron chi connectivity index (χ0n) is 11.2. The van der Waals surface area contributed by atoms with Crippen LogP contribution in [-0.4, -0.2) is 6.61 Å². The van der Waals surface area contributed by atoms with Crippen molar-refractivity contribution < 1.29 is 4.74 Å². The highest BCUT2D eigenvalue weighted by molar-refractivity contribution is 5.46. The lowest BCUT2D eigenvalue weighted by atomic mass is 9.81. The first-order valence-corrected chi connectivity index (χ1v) is 6.84. The number of nitrogens with two attached hydrogens (primary N) is 1. The van der Waals surface area contributed by atoms with Gasteiger partial charge in [-0.15, -0.1) is 0 Å². The minimum atomic E-state index is -0.418. The fraction of sp³-hybridized carbons (Fsp3) is 0.294. The Labute approximate surface area is 114 Å². The summed E-state index contributed by atoms with van der Waals surface area (Å²) in [5.74, 6) is 1.01. The third-order valence-electron chi connectivity index (χ3n) is 4.05. The van der Waals surface area contributed by atoms with E-state index in [1.165, 1.54) is 11.1 Å².